The van der Waals surface area contributed by atoms with Gasteiger partial charge in [0, 0.05) is 17.5 Å². The zero-order valence-electron chi connectivity index (χ0n) is 12.5. The molecule has 1 unspecified atom stereocenters. The van der Waals surface area contributed by atoms with Crippen LogP contribution in [0.15, 0.2) is 41.8 Å². The maximum atomic E-state index is 8.74. The number of benzene rings is 1. The lowest BCUT2D eigenvalue weighted by Crippen LogP contribution is -2.24. The normalized spacial score (nSPS) is 12.1. The molecule has 21 heavy (non-hydrogen) atoms. The second-order valence-electron chi connectivity index (χ2n) is 5.01. The Bertz CT molecular complexity index is 572. The summed E-state index contributed by atoms with van der Waals surface area (Å²) in [6, 6.07) is 14.1. The number of thiophene rings is 1. The van der Waals surface area contributed by atoms with Crippen LogP contribution < -0.4 is 4.74 Å². The minimum Gasteiger partial charge on any atom is -0.494 e. The molecule has 1 atom stereocenters. The fraction of sp³-hybridized carbons (Fsp3) is 0.353. The van der Waals surface area contributed by atoms with Gasteiger partial charge in [0.2, 0.25) is 0 Å². The van der Waals surface area contributed by atoms with Crippen LogP contribution in [-0.2, 0) is 0 Å². The van der Waals surface area contributed by atoms with E-state index >= 15 is 0 Å². The van der Waals surface area contributed by atoms with E-state index in [1.807, 2.05) is 12.1 Å². The molecule has 0 aliphatic carbocycles. The summed E-state index contributed by atoms with van der Waals surface area (Å²) in [6.45, 7) is 3.91. The van der Waals surface area contributed by atoms with E-state index in [2.05, 4.69) is 42.5 Å². The van der Waals surface area contributed by atoms with E-state index in [0.717, 1.165) is 18.7 Å². The summed E-state index contributed by atoms with van der Waals surface area (Å²) in [6.07, 6.45) is 0.978. The Labute approximate surface area is 130 Å². The highest BCUT2D eigenvalue weighted by atomic mass is 32.1. The van der Waals surface area contributed by atoms with E-state index < -0.39 is 0 Å². The first-order valence-electron chi connectivity index (χ1n) is 7.07. The monoisotopic (exact) mass is 300 g/mol. The predicted molar refractivity (Wildman–Crippen MR) is 86.6 cm³/mol. The molecule has 1 aromatic carbocycles. The van der Waals surface area contributed by atoms with Crippen molar-refractivity contribution in [1.82, 2.24) is 4.90 Å². The molecule has 110 valence electrons. The van der Waals surface area contributed by atoms with Crippen molar-refractivity contribution in [2.75, 3.05) is 20.2 Å². The molecule has 1 heterocycles. The first-order valence-corrected chi connectivity index (χ1v) is 7.95. The van der Waals surface area contributed by atoms with Crippen LogP contribution in [0.3, 0.4) is 0 Å². The van der Waals surface area contributed by atoms with E-state index in [9.17, 15) is 0 Å². The molecule has 0 fully saturated rings. The van der Waals surface area contributed by atoms with Gasteiger partial charge in [-0.1, -0.05) is 6.07 Å². The van der Waals surface area contributed by atoms with Crippen LogP contribution in [0.2, 0.25) is 0 Å². The molecule has 0 aliphatic rings. The fourth-order valence-electron chi connectivity index (χ4n) is 2.07. The highest BCUT2D eigenvalue weighted by molar-refractivity contribution is 7.10. The molecule has 0 spiro atoms. The Morgan fingerprint density at radius 3 is 2.67 bits per heavy atom. The van der Waals surface area contributed by atoms with Crippen LogP contribution in [0.25, 0.3) is 0 Å². The van der Waals surface area contributed by atoms with Crippen LogP contribution in [0.4, 0.5) is 0 Å². The first-order chi connectivity index (χ1) is 10.2. The lowest BCUT2D eigenvalue weighted by atomic mass is 10.2. The van der Waals surface area contributed by atoms with Crippen LogP contribution in [-0.4, -0.2) is 25.1 Å². The summed E-state index contributed by atoms with van der Waals surface area (Å²) < 4.78 is 5.69. The van der Waals surface area contributed by atoms with Crippen molar-refractivity contribution in [2.24, 2.45) is 0 Å². The summed E-state index contributed by atoms with van der Waals surface area (Å²) in [5, 5.41) is 10.9. The largest absolute Gasteiger partial charge is 0.494 e. The van der Waals surface area contributed by atoms with Gasteiger partial charge >= 0.3 is 0 Å². The number of rotatable bonds is 7. The Morgan fingerprint density at radius 1 is 1.29 bits per heavy atom. The molecule has 4 heteroatoms. The lowest BCUT2D eigenvalue weighted by molar-refractivity contribution is 0.228. The molecule has 0 aliphatic heterocycles. The van der Waals surface area contributed by atoms with Crippen molar-refractivity contribution in [3.63, 3.8) is 0 Å². The fourth-order valence-corrected chi connectivity index (χ4v) is 2.92. The molecule has 0 saturated carbocycles. The molecular weight excluding hydrogens is 280 g/mol. The van der Waals surface area contributed by atoms with Gasteiger partial charge in [0.05, 0.1) is 18.2 Å². The standard InChI is InChI=1S/C17H20N2OS/c1-14(17-5-3-12-21-17)19(2)10-4-11-20-16-8-6-15(13-18)7-9-16/h3,5-9,12,14H,4,10-11H2,1-2H3. The maximum absolute atomic E-state index is 8.74. The highest BCUT2D eigenvalue weighted by Crippen LogP contribution is 2.23. The van der Waals surface area contributed by atoms with Crippen molar-refractivity contribution in [3.05, 3.63) is 52.2 Å². The second kappa shape index (κ2) is 7.82. The molecule has 0 radical (unpaired) electrons. The smallest absolute Gasteiger partial charge is 0.119 e. The molecule has 1 aromatic heterocycles. The number of ether oxygens (including phenoxy) is 1. The van der Waals surface area contributed by atoms with Gasteiger partial charge in [0.25, 0.3) is 0 Å². The quantitative estimate of drug-likeness (QED) is 0.723. The van der Waals surface area contributed by atoms with Crippen molar-refractivity contribution in [1.29, 1.82) is 5.26 Å². The van der Waals surface area contributed by atoms with E-state index in [1.165, 1.54) is 4.88 Å². The molecule has 2 aromatic rings. The summed E-state index contributed by atoms with van der Waals surface area (Å²) in [4.78, 5) is 3.74. The number of nitriles is 1. The van der Waals surface area contributed by atoms with Gasteiger partial charge in [-0.2, -0.15) is 5.26 Å². The average Bonchev–Trinajstić information content (AvgIpc) is 3.05. The zero-order chi connectivity index (χ0) is 15.1. The molecule has 0 saturated heterocycles. The Kier molecular flexibility index (Phi) is 5.79. The maximum Gasteiger partial charge on any atom is 0.119 e. The Balaban J connectivity index is 1.70. The molecule has 0 bridgehead atoms. The van der Waals surface area contributed by atoms with Crippen LogP contribution >= 0.6 is 11.3 Å². The Hall–Kier alpha value is -1.83. The van der Waals surface area contributed by atoms with E-state index in [1.54, 1.807) is 23.5 Å². The van der Waals surface area contributed by atoms with E-state index in [4.69, 9.17) is 10.00 Å². The summed E-state index contributed by atoms with van der Waals surface area (Å²) in [5.74, 6) is 0.822. The minimum absolute atomic E-state index is 0.444. The molecule has 3 nitrogen and oxygen atoms in total. The number of nitrogens with zero attached hydrogens (tertiary/aromatic N) is 2. The van der Waals surface area contributed by atoms with Crippen LogP contribution in [0, 0.1) is 11.3 Å². The van der Waals surface area contributed by atoms with Gasteiger partial charge in [0.15, 0.2) is 0 Å². The third-order valence-corrected chi connectivity index (χ3v) is 4.57. The molecule has 0 N–H and O–H groups in total. The lowest BCUT2D eigenvalue weighted by Gasteiger charge is -2.23. The third-order valence-electron chi connectivity index (χ3n) is 3.52. The van der Waals surface area contributed by atoms with Crippen molar-refractivity contribution >= 4 is 11.3 Å². The van der Waals surface area contributed by atoms with Crippen molar-refractivity contribution in [3.8, 4) is 11.8 Å². The second-order valence-corrected chi connectivity index (χ2v) is 5.99. The van der Waals surface area contributed by atoms with E-state index in [0.29, 0.717) is 18.2 Å². The average molecular weight is 300 g/mol. The zero-order valence-corrected chi connectivity index (χ0v) is 13.3. The van der Waals surface area contributed by atoms with Gasteiger partial charge in [0.1, 0.15) is 5.75 Å². The highest BCUT2D eigenvalue weighted by Gasteiger charge is 2.11. The van der Waals surface area contributed by atoms with Crippen LogP contribution in [0.1, 0.15) is 29.8 Å². The van der Waals surface area contributed by atoms with E-state index in [-0.39, 0.29) is 0 Å². The molecule has 0 amide bonds. The number of hydrogen-bond acceptors (Lipinski definition) is 4. The van der Waals surface area contributed by atoms with Gasteiger partial charge in [-0.25, -0.2) is 0 Å². The molecule has 2 rings (SSSR count). The SMILES string of the molecule is CC(c1cccs1)N(C)CCCOc1ccc(C#N)cc1. The predicted octanol–water partition coefficient (Wildman–Crippen LogP) is 4.08. The van der Waals surface area contributed by atoms with Crippen LogP contribution in [0.5, 0.6) is 5.75 Å². The van der Waals surface area contributed by atoms with Gasteiger partial charge in [-0.05, 0) is 56.1 Å². The van der Waals surface area contributed by atoms with Gasteiger partial charge < -0.3 is 4.74 Å². The van der Waals surface area contributed by atoms with Gasteiger partial charge in [-0.3, -0.25) is 4.90 Å². The number of hydrogen-bond donors (Lipinski definition) is 0. The summed E-state index contributed by atoms with van der Waals surface area (Å²) in [7, 11) is 2.14. The minimum atomic E-state index is 0.444. The van der Waals surface area contributed by atoms with Crippen molar-refractivity contribution < 1.29 is 4.74 Å². The Morgan fingerprint density at radius 2 is 2.05 bits per heavy atom. The van der Waals surface area contributed by atoms with Gasteiger partial charge in [-0.15, -0.1) is 11.3 Å². The summed E-state index contributed by atoms with van der Waals surface area (Å²) in [5.41, 5.74) is 0.659. The first kappa shape index (κ1) is 15.6. The third kappa shape index (κ3) is 4.59. The van der Waals surface area contributed by atoms with Crippen molar-refractivity contribution in [2.45, 2.75) is 19.4 Å². The molecular formula is C17H20N2OS. The topological polar surface area (TPSA) is 36.3 Å². The summed E-state index contributed by atoms with van der Waals surface area (Å²) >= 11 is 1.80.